The summed E-state index contributed by atoms with van der Waals surface area (Å²) in [5.74, 6) is 1.18. The highest BCUT2D eigenvalue weighted by Crippen LogP contribution is 2.37. The fourth-order valence-corrected chi connectivity index (χ4v) is 4.12. The molecule has 148 valence electrons. The average molecular weight is 464 g/mol. The molecule has 0 fully saturated rings. The van der Waals surface area contributed by atoms with E-state index in [4.69, 9.17) is 14.5 Å². The van der Waals surface area contributed by atoms with E-state index in [1.54, 1.807) is 19.1 Å². The number of carbonyl (C=O) groups is 1. The molecular weight excluding hydrogens is 442 g/mol. The molecule has 1 amide bonds. The van der Waals surface area contributed by atoms with E-state index in [0.717, 1.165) is 21.2 Å². The normalized spacial score (nSPS) is 11.1. The Morgan fingerprint density at radius 3 is 2.46 bits per heavy atom. The molecule has 0 saturated heterocycles. The van der Waals surface area contributed by atoms with Crippen LogP contribution in [0.4, 0.5) is 5.13 Å². The van der Waals surface area contributed by atoms with Crippen molar-refractivity contribution in [2.45, 2.75) is 0 Å². The first-order valence-corrected chi connectivity index (χ1v) is 10.3. The van der Waals surface area contributed by atoms with Crippen molar-refractivity contribution >= 4 is 48.5 Å². The largest absolute Gasteiger partial charge is 0.493 e. The zero-order valence-corrected chi connectivity index (χ0v) is 18.6. The highest BCUT2D eigenvalue weighted by Gasteiger charge is 2.22. The van der Waals surface area contributed by atoms with Gasteiger partial charge in [0.05, 0.1) is 24.4 Å². The Bertz CT molecular complexity index is 949. The number of likely N-dealkylation sites (N-methyl/N-ethyl adjacent to an activating group) is 1. The maximum Gasteiger partial charge on any atom is 0.260 e. The molecule has 6 nitrogen and oxygen atoms in total. The van der Waals surface area contributed by atoms with E-state index in [1.807, 2.05) is 55.4 Å². The summed E-state index contributed by atoms with van der Waals surface area (Å²) in [5, 5.41) is 0.650. The van der Waals surface area contributed by atoms with Crippen molar-refractivity contribution in [3.8, 4) is 11.5 Å². The Kier molecular flexibility index (Phi) is 6.53. The molecule has 0 N–H and O–H groups in total. The summed E-state index contributed by atoms with van der Waals surface area (Å²) in [7, 11) is 7.16. The molecular formula is C20H22BrN3O3S. The molecule has 0 unspecified atom stereocenters. The zero-order valence-electron chi connectivity index (χ0n) is 16.2. The van der Waals surface area contributed by atoms with Crippen molar-refractivity contribution in [2.24, 2.45) is 0 Å². The number of fused-ring (bicyclic) bond motifs is 1. The number of carbonyl (C=O) groups excluding carboxylic acids is 1. The number of halogens is 1. The summed E-state index contributed by atoms with van der Waals surface area (Å²) < 4.78 is 12.6. The monoisotopic (exact) mass is 463 g/mol. The number of ether oxygens (including phenoxy) is 2. The Morgan fingerprint density at radius 2 is 1.82 bits per heavy atom. The maximum absolute atomic E-state index is 13.2. The van der Waals surface area contributed by atoms with Crippen LogP contribution in [0.3, 0.4) is 0 Å². The highest BCUT2D eigenvalue weighted by molar-refractivity contribution is 9.10. The third kappa shape index (κ3) is 4.45. The lowest BCUT2D eigenvalue weighted by Crippen LogP contribution is -2.36. The van der Waals surface area contributed by atoms with Crippen molar-refractivity contribution in [1.29, 1.82) is 0 Å². The van der Waals surface area contributed by atoms with Crippen LogP contribution in [0, 0.1) is 0 Å². The molecule has 0 aliphatic heterocycles. The molecule has 3 rings (SSSR count). The number of amides is 1. The van der Waals surface area contributed by atoms with Crippen LogP contribution >= 0.6 is 27.3 Å². The molecule has 0 spiro atoms. The van der Waals surface area contributed by atoms with E-state index in [2.05, 4.69) is 15.9 Å². The smallest absolute Gasteiger partial charge is 0.260 e. The molecule has 2 aromatic carbocycles. The molecule has 0 bridgehead atoms. The zero-order chi connectivity index (χ0) is 20.3. The number of aromatic nitrogens is 1. The lowest BCUT2D eigenvalue weighted by Gasteiger charge is -2.22. The van der Waals surface area contributed by atoms with Crippen LogP contribution in [0.5, 0.6) is 11.5 Å². The molecule has 0 atom stereocenters. The SMILES string of the molecule is COc1cc2nc(N(CCN(C)C)C(=O)c3cccc(Br)c3)sc2cc1OC. The number of anilines is 1. The van der Waals surface area contributed by atoms with Gasteiger partial charge in [0, 0.05) is 35.3 Å². The van der Waals surface area contributed by atoms with Crippen LogP contribution in [-0.4, -0.2) is 57.2 Å². The first-order chi connectivity index (χ1) is 13.4. The summed E-state index contributed by atoms with van der Waals surface area (Å²) in [6, 6.07) is 11.1. The van der Waals surface area contributed by atoms with Crippen LogP contribution in [0.25, 0.3) is 10.2 Å². The minimum atomic E-state index is -0.0823. The van der Waals surface area contributed by atoms with Crippen molar-refractivity contribution in [1.82, 2.24) is 9.88 Å². The number of hydrogen-bond acceptors (Lipinski definition) is 6. The molecule has 0 radical (unpaired) electrons. The van der Waals surface area contributed by atoms with Crippen LogP contribution < -0.4 is 14.4 Å². The third-order valence-corrected chi connectivity index (χ3v) is 5.74. The second-order valence-corrected chi connectivity index (χ2v) is 8.37. The number of benzene rings is 2. The third-order valence-electron chi connectivity index (χ3n) is 4.20. The van der Waals surface area contributed by atoms with Crippen molar-refractivity contribution < 1.29 is 14.3 Å². The quantitative estimate of drug-likeness (QED) is 0.523. The molecule has 1 heterocycles. The predicted molar refractivity (Wildman–Crippen MR) is 117 cm³/mol. The molecule has 1 aromatic heterocycles. The number of thiazole rings is 1. The fourth-order valence-electron chi connectivity index (χ4n) is 2.72. The van der Waals surface area contributed by atoms with E-state index in [-0.39, 0.29) is 5.91 Å². The second kappa shape index (κ2) is 8.89. The molecule has 0 aliphatic rings. The highest BCUT2D eigenvalue weighted by atomic mass is 79.9. The van der Waals surface area contributed by atoms with E-state index in [1.165, 1.54) is 11.3 Å². The lowest BCUT2D eigenvalue weighted by molar-refractivity contribution is 0.0985. The van der Waals surface area contributed by atoms with Crippen LogP contribution in [0.2, 0.25) is 0 Å². The first-order valence-electron chi connectivity index (χ1n) is 8.67. The standard InChI is InChI=1S/C20H22BrN3O3S/c1-23(2)8-9-24(19(25)13-6-5-7-14(21)10-13)20-22-15-11-16(26-3)17(27-4)12-18(15)28-20/h5-7,10-12H,8-9H2,1-4H3. The van der Waals surface area contributed by atoms with Crippen LogP contribution in [0.15, 0.2) is 40.9 Å². The average Bonchev–Trinajstić information content (AvgIpc) is 3.08. The van der Waals surface area contributed by atoms with Crippen molar-refractivity contribution in [2.75, 3.05) is 46.3 Å². The molecule has 8 heteroatoms. The van der Waals surface area contributed by atoms with Gasteiger partial charge in [-0.05, 0) is 32.3 Å². The number of rotatable bonds is 7. The summed E-state index contributed by atoms with van der Waals surface area (Å²) >= 11 is 4.90. The van der Waals surface area contributed by atoms with E-state index >= 15 is 0 Å². The molecule has 28 heavy (non-hydrogen) atoms. The summed E-state index contributed by atoms with van der Waals surface area (Å²) in [5.41, 5.74) is 1.39. The van der Waals surface area contributed by atoms with E-state index in [0.29, 0.717) is 28.7 Å². The van der Waals surface area contributed by atoms with Crippen molar-refractivity contribution in [3.05, 3.63) is 46.4 Å². The molecule has 0 aliphatic carbocycles. The Hall–Kier alpha value is -2.16. The van der Waals surface area contributed by atoms with Gasteiger partial charge in [0.2, 0.25) is 0 Å². The van der Waals surface area contributed by atoms with Gasteiger partial charge in [0.15, 0.2) is 16.6 Å². The van der Waals surface area contributed by atoms with E-state index < -0.39 is 0 Å². The Labute approximate surface area is 176 Å². The second-order valence-electron chi connectivity index (χ2n) is 6.44. The topological polar surface area (TPSA) is 54.9 Å². The minimum Gasteiger partial charge on any atom is -0.493 e. The molecule has 3 aromatic rings. The van der Waals surface area contributed by atoms with Crippen LogP contribution in [0.1, 0.15) is 10.4 Å². The van der Waals surface area contributed by atoms with Gasteiger partial charge in [-0.2, -0.15) is 0 Å². The number of methoxy groups -OCH3 is 2. The summed E-state index contributed by atoms with van der Waals surface area (Å²) in [4.78, 5) is 21.7. The Morgan fingerprint density at radius 1 is 1.11 bits per heavy atom. The van der Waals surface area contributed by atoms with E-state index in [9.17, 15) is 4.79 Å². The van der Waals surface area contributed by atoms with Gasteiger partial charge in [-0.25, -0.2) is 4.98 Å². The fraction of sp³-hybridized carbons (Fsp3) is 0.300. The summed E-state index contributed by atoms with van der Waals surface area (Å²) in [6.07, 6.45) is 0. The van der Waals surface area contributed by atoms with Gasteiger partial charge in [0.1, 0.15) is 0 Å². The first kappa shape index (κ1) is 20.6. The lowest BCUT2D eigenvalue weighted by atomic mass is 10.2. The number of nitrogens with zero attached hydrogens (tertiary/aromatic N) is 3. The predicted octanol–water partition coefficient (Wildman–Crippen LogP) is 4.28. The Balaban J connectivity index is 2.03. The van der Waals surface area contributed by atoms with Crippen LogP contribution in [-0.2, 0) is 0 Å². The summed E-state index contributed by atoms with van der Waals surface area (Å²) in [6.45, 7) is 1.26. The van der Waals surface area contributed by atoms with Gasteiger partial charge in [-0.1, -0.05) is 33.3 Å². The van der Waals surface area contributed by atoms with Crippen molar-refractivity contribution in [3.63, 3.8) is 0 Å². The number of hydrogen-bond donors (Lipinski definition) is 0. The maximum atomic E-state index is 13.2. The van der Waals surface area contributed by atoms with Gasteiger partial charge in [-0.3, -0.25) is 9.69 Å². The minimum absolute atomic E-state index is 0.0823. The van der Waals surface area contributed by atoms with Gasteiger partial charge >= 0.3 is 0 Å². The van der Waals surface area contributed by atoms with Gasteiger partial charge < -0.3 is 14.4 Å². The van der Waals surface area contributed by atoms with Gasteiger partial charge in [-0.15, -0.1) is 0 Å². The molecule has 0 saturated carbocycles. The van der Waals surface area contributed by atoms with Gasteiger partial charge in [0.25, 0.3) is 5.91 Å².